The maximum absolute atomic E-state index is 5.83. The SMILES string of the molecule is Clc1cc(Cl)nc(Nc2ccc3c(c2)CCC3)n1. The van der Waals surface area contributed by atoms with Crippen molar-refractivity contribution in [3.05, 3.63) is 45.7 Å². The van der Waals surface area contributed by atoms with Crippen molar-refractivity contribution >= 4 is 34.8 Å². The standard InChI is InChI=1S/C13H11Cl2N3/c14-11-7-12(15)18-13(17-11)16-10-5-4-8-2-1-3-9(8)6-10/h4-7H,1-3H2,(H,16,17,18). The van der Waals surface area contributed by atoms with Crippen LogP contribution in [0.25, 0.3) is 0 Å². The third kappa shape index (κ3) is 2.42. The molecule has 0 spiro atoms. The van der Waals surface area contributed by atoms with Gasteiger partial charge in [0.05, 0.1) is 0 Å². The normalized spacial score (nSPS) is 13.4. The number of hydrogen-bond acceptors (Lipinski definition) is 3. The van der Waals surface area contributed by atoms with Gasteiger partial charge in [-0.3, -0.25) is 0 Å². The minimum atomic E-state index is 0.332. The van der Waals surface area contributed by atoms with Gasteiger partial charge in [-0.05, 0) is 42.5 Å². The van der Waals surface area contributed by atoms with E-state index in [-0.39, 0.29) is 0 Å². The predicted octanol–water partition coefficient (Wildman–Crippen LogP) is 4.02. The lowest BCUT2D eigenvalue weighted by Crippen LogP contribution is -1.98. The van der Waals surface area contributed by atoms with Gasteiger partial charge < -0.3 is 5.32 Å². The number of fused-ring (bicyclic) bond motifs is 1. The summed E-state index contributed by atoms with van der Waals surface area (Å²) in [6.45, 7) is 0. The summed E-state index contributed by atoms with van der Waals surface area (Å²) in [4.78, 5) is 8.16. The van der Waals surface area contributed by atoms with Gasteiger partial charge in [-0.15, -0.1) is 0 Å². The Labute approximate surface area is 115 Å². The summed E-state index contributed by atoms with van der Waals surface area (Å²) in [5.74, 6) is 0.422. The van der Waals surface area contributed by atoms with Crippen molar-refractivity contribution < 1.29 is 0 Å². The number of nitrogens with one attached hydrogen (secondary N) is 1. The molecule has 18 heavy (non-hydrogen) atoms. The molecule has 1 aromatic carbocycles. The quantitative estimate of drug-likeness (QED) is 0.844. The first kappa shape index (κ1) is 11.8. The Morgan fingerprint density at radius 2 is 1.67 bits per heavy atom. The van der Waals surface area contributed by atoms with Gasteiger partial charge in [-0.1, -0.05) is 29.3 Å². The molecule has 5 heteroatoms. The molecule has 1 aromatic heterocycles. The van der Waals surface area contributed by atoms with Crippen molar-refractivity contribution in [1.82, 2.24) is 9.97 Å². The fraction of sp³-hybridized carbons (Fsp3) is 0.231. The minimum Gasteiger partial charge on any atom is -0.324 e. The lowest BCUT2D eigenvalue weighted by Gasteiger charge is -2.07. The first-order chi connectivity index (χ1) is 8.70. The Morgan fingerprint density at radius 1 is 0.944 bits per heavy atom. The Hall–Kier alpha value is -1.32. The topological polar surface area (TPSA) is 37.8 Å². The van der Waals surface area contributed by atoms with Crippen LogP contribution in [0.15, 0.2) is 24.3 Å². The van der Waals surface area contributed by atoms with E-state index in [1.165, 1.54) is 30.0 Å². The van der Waals surface area contributed by atoms with Crippen LogP contribution < -0.4 is 5.32 Å². The zero-order valence-electron chi connectivity index (χ0n) is 9.58. The molecule has 2 aromatic rings. The molecule has 0 amide bonds. The van der Waals surface area contributed by atoms with Crippen LogP contribution in [0.3, 0.4) is 0 Å². The summed E-state index contributed by atoms with van der Waals surface area (Å²) in [6, 6.07) is 7.83. The molecule has 3 nitrogen and oxygen atoms in total. The number of aromatic nitrogens is 2. The van der Waals surface area contributed by atoms with Gasteiger partial charge in [-0.2, -0.15) is 0 Å². The molecule has 0 bridgehead atoms. The lowest BCUT2D eigenvalue weighted by atomic mass is 10.1. The summed E-state index contributed by atoms with van der Waals surface area (Å²) in [6.07, 6.45) is 3.55. The van der Waals surface area contributed by atoms with E-state index in [0.717, 1.165) is 12.1 Å². The summed E-state index contributed by atoms with van der Waals surface area (Å²) in [7, 11) is 0. The van der Waals surface area contributed by atoms with E-state index in [9.17, 15) is 0 Å². The van der Waals surface area contributed by atoms with Crippen molar-refractivity contribution in [3.63, 3.8) is 0 Å². The molecule has 92 valence electrons. The number of hydrogen-bond donors (Lipinski definition) is 1. The second-order valence-corrected chi connectivity index (χ2v) is 5.07. The molecule has 1 N–H and O–H groups in total. The molecule has 3 rings (SSSR count). The molecule has 0 fully saturated rings. The van der Waals surface area contributed by atoms with Crippen LogP contribution >= 0.6 is 23.2 Å². The Morgan fingerprint density at radius 3 is 2.44 bits per heavy atom. The van der Waals surface area contributed by atoms with Gasteiger partial charge in [0.15, 0.2) is 0 Å². The first-order valence-corrected chi connectivity index (χ1v) is 6.55. The molecule has 0 atom stereocenters. The van der Waals surface area contributed by atoms with Gasteiger partial charge in [0.2, 0.25) is 5.95 Å². The number of aryl methyl sites for hydroxylation is 2. The number of benzene rings is 1. The van der Waals surface area contributed by atoms with Gasteiger partial charge in [0.25, 0.3) is 0 Å². The van der Waals surface area contributed by atoms with E-state index < -0.39 is 0 Å². The van der Waals surface area contributed by atoms with E-state index in [2.05, 4.69) is 27.4 Å². The fourth-order valence-electron chi connectivity index (χ4n) is 2.22. The maximum atomic E-state index is 5.83. The van der Waals surface area contributed by atoms with Crippen molar-refractivity contribution in [1.29, 1.82) is 0 Å². The second-order valence-electron chi connectivity index (χ2n) is 4.30. The molecule has 0 saturated heterocycles. The van der Waals surface area contributed by atoms with Crippen molar-refractivity contribution in [2.75, 3.05) is 5.32 Å². The molecule has 1 aliphatic rings. The zero-order chi connectivity index (χ0) is 12.5. The Kier molecular flexibility index (Phi) is 3.10. The second kappa shape index (κ2) is 4.75. The van der Waals surface area contributed by atoms with Crippen LogP contribution in [0.2, 0.25) is 10.3 Å². The highest BCUT2D eigenvalue weighted by atomic mass is 35.5. The molecular weight excluding hydrogens is 269 g/mol. The van der Waals surface area contributed by atoms with E-state index in [0.29, 0.717) is 16.3 Å². The molecule has 1 heterocycles. The largest absolute Gasteiger partial charge is 0.324 e. The predicted molar refractivity (Wildman–Crippen MR) is 73.8 cm³/mol. The molecule has 1 aliphatic carbocycles. The Balaban J connectivity index is 1.88. The lowest BCUT2D eigenvalue weighted by molar-refractivity contribution is 0.912. The van der Waals surface area contributed by atoms with E-state index in [4.69, 9.17) is 23.2 Å². The van der Waals surface area contributed by atoms with Gasteiger partial charge >= 0.3 is 0 Å². The molecule has 0 radical (unpaired) electrons. The average molecular weight is 280 g/mol. The minimum absolute atomic E-state index is 0.332. The van der Waals surface area contributed by atoms with Crippen LogP contribution in [-0.4, -0.2) is 9.97 Å². The Bertz CT molecular complexity index is 579. The summed E-state index contributed by atoms with van der Waals surface area (Å²) in [5.41, 5.74) is 3.80. The van der Waals surface area contributed by atoms with Gasteiger partial charge in [-0.25, -0.2) is 9.97 Å². The monoisotopic (exact) mass is 279 g/mol. The summed E-state index contributed by atoms with van der Waals surface area (Å²) in [5, 5.41) is 3.79. The summed E-state index contributed by atoms with van der Waals surface area (Å²) >= 11 is 11.7. The zero-order valence-corrected chi connectivity index (χ0v) is 11.1. The van der Waals surface area contributed by atoms with Gasteiger partial charge in [0, 0.05) is 11.8 Å². The highest BCUT2D eigenvalue weighted by Crippen LogP contribution is 2.26. The van der Waals surface area contributed by atoms with Crippen molar-refractivity contribution in [3.8, 4) is 0 Å². The summed E-state index contributed by atoms with van der Waals surface area (Å²) < 4.78 is 0. The van der Waals surface area contributed by atoms with Crippen LogP contribution in [-0.2, 0) is 12.8 Å². The number of anilines is 2. The molecule has 0 aliphatic heterocycles. The van der Waals surface area contributed by atoms with Crippen LogP contribution in [0, 0.1) is 0 Å². The van der Waals surface area contributed by atoms with Crippen LogP contribution in [0.4, 0.5) is 11.6 Å². The third-order valence-electron chi connectivity index (χ3n) is 3.02. The van der Waals surface area contributed by atoms with Crippen molar-refractivity contribution in [2.24, 2.45) is 0 Å². The highest BCUT2D eigenvalue weighted by molar-refractivity contribution is 6.33. The van der Waals surface area contributed by atoms with E-state index in [1.807, 2.05) is 6.07 Å². The van der Waals surface area contributed by atoms with E-state index in [1.54, 1.807) is 0 Å². The molecule has 0 saturated carbocycles. The first-order valence-electron chi connectivity index (χ1n) is 5.79. The molecular formula is C13H11Cl2N3. The van der Waals surface area contributed by atoms with Crippen LogP contribution in [0.5, 0.6) is 0 Å². The average Bonchev–Trinajstić information content (AvgIpc) is 2.74. The van der Waals surface area contributed by atoms with Gasteiger partial charge in [0.1, 0.15) is 10.3 Å². The maximum Gasteiger partial charge on any atom is 0.230 e. The van der Waals surface area contributed by atoms with E-state index >= 15 is 0 Å². The van der Waals surface area contributed by atoms with Crippen LogP contribution in [0.1, 0.15) is 17.5 Å². The fourth-order valence-corrected chi connectivity index (χ4v) is 2.65. The highest BCUT2D eigenvalue weighted by Gasteiger charge is 2.11. The third-order valence-corrected chi connectivity index (χ3v) is 3.41. The number of halogens is 2. The smallest absolute Gasteiger partial charge is 0.230 e. The van der Waals surface area contributed by atoms with Crippen molar-refractivity contribution in [2.45, 2.75) is 19.3 Å². The molecule has 0 unspecified atom stereocenters. The number of rotatable bonds is 2. The number of nitrogens with zero attached hydrogens (tertiary/aromatic N) is 2.